The van der Waals surface area contributed by atoms with Gasteiger partial charge in [0, 0.05) is 30.8 Å². The lowest BCUT2D eigenvalue weighted by Gasteiger charge is -2.34. The second-order valence-corrected chi connectivity index (χ2v) is 8.17. The Hall–Kier alpha value is -3.55. The lowest BCUT2D eigenvalue weighted by molar-refractivity contribution is -0.127. The van der Waals surface area contributed by atoms with E-state index in [2.05, 4.69) is 15.5 Å². The Balaban J connectivity index is 1.54. The van der Waals surface area contributed by atoms with Crippen molar-refractivity contribution in [3.8, 4) is 11.1 Å². The molecule has 8 heteroatoms. The molecule has 6 nitrogen and oxygen atoms in total. The summed E-state index contributed by atoms with van der Waals surface area (Å²) in [5, 5.41) is 9.81. The highest BCUT2D eigenvalue weighted by atomic mass is 19.2. The van der Waals surface area contributed by atoms with Gasteiger partial charge in [0.15, 0.2) is 11.6 Å². The van der Waals surface area contributed by atoms with Gasteiger partial charge in [-0.15, -0.1) is 0 Å². The maximum Gasteiger partial charge on any atom is 0.275 e. The number of H-pyrrole nitrogens is 1. The summed E-state index contributed by atoms with van der Waals surface area (Å²) in [6, 6.07) is 12.0. The number of nitrogens with one attached hydrogen (secondary N) is 2. The van der Waals surface area contributed by atoms with E-state index in [1.54, 1.807) is 35.2 Å². The van der Waals surface area contributed by atoms with E-state index in [9.17, 15) is 18.4 Å². The van der Waals surface area contributed by atoms with Crippen molar-refractivity contribution in [2.45, 2.75) is 32.2 Å². The minimum absolute atomic E-state index is 0.170. The summed E-state index contributed by atoms with van der Waals surface area (Å²) in [5.74, 6) is -2.14. The molecule has 4 rings (SSSR count). The highest BCUT2D eigenvalue weighted by Crippen LogP contribution is 2.25. The molecule has 1 unspecified atom stereocenters. The number of carbonyl (C=O) groups excluding carboxylic acids is 2. The average Bonchev–Trinajstić information content (AvgIpc) is 3.28. The molecule has 0 spiro atoms. The van der Waals surface area contributed by atoms with Crippen molar-refractivity contribution in [3.05, 3.63) is 77.1 Å². The van der Waals surface area contributed by atoms with E-state index < -0.39 is 17.7 Å². The molecule has 1 aromatic heterocycles. The van der Waals surface area contributed by atoms with Gasteiger partial charge in [-0.25, -0.2) is 8.78 Å². The zero-order valence-electron chi connectivity index (χ0n) is 17.9. The lowest BCUT2D eigenvalue weighted by Crippen LogP contribution is -2.58. The molecule has 3 aromatic rings. The maximum absolute atomic E-state index is 14.1. The number of aromatic amines is 1. The topological polar surface area (TPSA) is 78.1 Å². The van der Waals surface area contributed by atoms with Crippen molar-refractivity contribution in [2.24, 2.45) is 0 Å². The molecule has 166 valence electrons. The van der Waals surface area contributed by atoms with Gasteiger partial charge in [0.05, 0.1) is 0 Å². The van der Waals surface area contributed by atoms with Crippen LogP contribution in [0.25, 0.3) is 11.1 Å². The molecule has 1 atom stereocenters. The first-order chi connectivity index (χ1) is 15.3. The summed E-state index contributed by atoms with van der Waals surface area (Å²) in [6.07, 6.45) is 0.297. The summed E-state index contributed by atoms with van der Waals surface area (Å²) in [7, 11) is 0. The third-order valence-electron chi connectivity index (χ3n) is 5.68. The van der Waals surface area contributed by atoms with Crippen molar-refractivity contribution in [1.29, 1.82) is 0 Å². The van der Waals surface area contributed by atoms with Crippen molar-refractivity contribution in [2.75, 3.05) is 13.1 Å². The van der Waals surface area contributed by atoms with Crippen LogP contribution in [0.15, 0.2) is 48.5 Å². The van der Waals surface area contributed by atoms with Gasteiger partial charge < -0.3 is 10.2 Å². The van der Waals surface area contributed by atoms with Gasteiger partial charge in [0.25, 0.3) is 5.91 Å². The van der Waals surface area contributed by atoms with E-state index in [1.807, 2.05) is 13.8 Å². The van der Waals surface area contributed by atoms with E-state index >= 15 is 0 Å². The molecule has 0 saturated carbocycles. The zero-order chi connectivity index (χ0) is 22.8. The second-order valence-electron chi connectivity index (χ2n) is 8.17. The van der Waals surface area contributed by atoms with Crippen LogP contribution < -0.4 is 5.32 Å². The Bertz CT molecular complexity index is 1140. The molecule has 1 saturated heterocycles. The summed E-state index contributed by atoms with van der Waals surface area (Å²) in [6.45, 7) is 4.75. The summed E-state index contributed by atoms with van der Waals surface area (Å²) in [5.41, 5.74) is 2.64. The maximum atomic E-state index is 14.1. The van der Waals surface area contributed by atoms with Crippen LogP contribution in [0.4, 0.5) is 8.78 Å². The highest BCUT2D eigenvalue weighted by molar-refractivity contribution is 5.97. The molecule has 32 heavy (non-hydrogen) atoms. The van der Waals surface area contributed by atoms with Gasteiger partial charge in [-0.3, -0.25) is 14.7 Å². The van der Waals surface area contributed by atoms with Crippen LogP contribution >= 0.6 is 0 Å². The van der Waals surface area contributed by atoms with Crippen LogP contribution in [0, 0.1) is 11.6 Å². The minimum atomic E-state index is -0.904. The van der Waals surface area contributed by atoms with E-state index in [4.69, 9.17) is 0 Å². The minimum Gasteiger partial charge on any atom is -0.353 e. The number of hydrogen-bond donors (Lipinski definition) is 2. The molecule has 2 N–H and O–H groups in total. The average molecular weight is 438 g/mol. The number of carbonyl (C=O) groups is 2. The van der Waals surface area contributed by atoms with E-state index in [0.29, 0.717) is 25.1 Å². The number of nitrogens with zero attached hydrogens (tertiary/aromatic N) is 2. The Morgan fingerprint density at radius 2 is 1.94 bits per heavy atom. The van der Waals surface area contributed by atoms with Crippen LogP contribution in [0.1, 0.15) is 41.5 Å². The Morgan fingerprint density at radius 3 is 2.62 bits per heavy atom. The highest BCUT2D eigenvalue weighted by Gasteiger charge is 2.34. The predicted molar refractivity (Wildman–Crippen MR) is 116 cm³/mol. The van der Waals surface area contributed by atoms with E-state index in [0.717, 1.165) is 17.3 Å². The fourth-order valence-electron chi connectivity index (χ4n) is 3.82. The third kappa shape index (κ3) is 4.26. The molecule has 1 fully saturated rings. The SMILES string of the molecule is CC(C)c1cc(C(=O)N2CCNC(=O)C2Cc2ccc(-c3cccc(F)c3F)cc2)n[nH]1. The molecule has 0 radical (unpaired) electrons. The standard InChI is InChI=1S/C24H24F2N4O2/c1-14(2)19-13-20(29-28-19)24(32)30-11-10-27-23(31)21(30)12-15-6-8-16(9-7-15)17-4-3-5-18(25)22(17)26/h3-9,13-14,21H,10-12H2,1-2H3,(H,27,31)(H,28,29). The van der Waals surface area contributed by atoms with Crippen molar-refractivity contribution in [1.82, 2.24) is 20.4 Å². The summed E-state index contributed by atoms with van der Waals surface area (Å²) >= 11 is 0. The van der Waals surface area contributed by atoms with Crippen LogP contribution in [0.5, 0.6) is 0 Å². The lowest BCUT2D eigenvalue weighted by atomic mass is 9.98. The Morgan fingerprint density at radius 1 is 1.19 bits per heavy atom. The molecular formula is C24H24F2N4O2. The number of benzene rings is 2. The van der Waals surface area contributed by atoms with Crippen LogP contribution in [-0.4, -0.2) is 46.0 Å². The van der Waals surface area contributed by atoms with Crippen LogP contribution in [0.3, 0.4) is 0 Å². The second kappa shape index (κ2) is 8.90. The first-order valence-electron chi connectivity index (χ1n) is 10.5. The van der Waals surface area contributed by atoms with Gasteiger partial charge >= 0.3 is 0 Å². The molecule has 2 amide bonds. The summed E-state index contributed by atoms with van der Waals surface area (Å²) in [4.78, 5) is 27.2. The summed E-state index contributed by atoms with van der Waals surface area (Å²) < 4.78 is 27.6. The van der Waals surface area contributed by atoms with Gasteiger partial charge in [-0.1, -0.05) is 50.2 Å². The van der Waals surface area contributed by atoms with Gasteiger partial charge in [-0.2, -0.15) is 5.10 Å². The van der Waals surface area contributed by atoms with Crippen LogP contribution in [-0.2, 0) is 11.2 Å². The van der Waals surface area contributed by atoms with E-state index in [1.165, 1.54) is 12.1 Å². The fourth-order valence-corrected chi connectivity index (χ4v) is 3.82. The fraction of sp³-hybridized carbons (Fsp3) is 0.292. The van der Waals surface area contributed by atoms with Crippen LogP contribution in [0.2, 0.25) is 0 Å². The van der Waals surface area contributed by atoms with Crippen molar-refractivity contribution >= 4 is 11.8 Å². The third-order valence-corrected chi connectivity index (χ3v) is 5.68. The first kappa shape index (κ1) is 21.7. The van der Waals surface area contributed by atoms with E-state index in [-0.39, 0.29) is 29.0 Å². The molecular weight excluding hydrogens is 414 g/mol. The van der Waals surface area contributed by atoms with Crippen molar-refractivity contribution < 1.29 is 18.4 Å². The number of aromatic nitrogens is 2. The monoisotopic (exact) mass is 438 g/mol. The molecule has 1 aliphatic rings. The number of amides is 2. The smallest absolute Gasteiger partial charge is 0.275 e. The predicted octanol–water partition coefficient (Wildman–Crippen LogP) is 3.66. The molecule has 2 aromatic carbocycles. The molecule has 2 heterocycles. The number of piperazine rings is 1. The van der Waals surface area contributed by atoms with Gasteiger partial charge in [0.1, 0.15) is 11.7 Å². The largest absolute Gasteiger partial charge is 0.353 e. The number of hydrogen-bond acceptors (Lipinski definition) is 3. The quantitative estimate of drug-likeness (QED) is 0.638. The number of halogens is 2. The molecule has 0 aliphatic carbocycles. The zero-order valence-corrected chi connectivity index (χ0v) is 17.9. The molecule has 1 aliphatic heterocycles. The molecule has 0 bridgehead atoms. The Labute approximate surface area is 184 Å². The van der Waals surface area contributed by atoms with Gasteiger partial charge in [0.2, 0.25) is 5.91 Å². The normalized spacial score (nSPS) is 16.3. The number of rotatable bonds is 5. The van der Waals surface area contributed by atoms with Gasteiger partial charge in [-0.05, 0) is 29.2 Å². The Kier molecular flexibility index (Phi) is 6.03. The first-order valence-corrected chi connectivity index (χ1v) is 10.5. The van der Waals surface area contributed by atoms with Crippen molar-refractivity contribution in [3.63, 3.8) is 0 Å².